The summed E-state index contributed by atoms with van der Waals surface area (Å²) in [6.07, 6.45) is 0.292. The summed E-state index contributed by atoms with van der Waals surface area (Å²) in [5, 5.41) is 3.61. The molecule has 0 spiro atoms. The van der Waals surface area contributed by atoms with Crippen LogP contribution in [0.25, 0.3) is 0 Å². The summed E-state index contributed by atoms with van der Waals surface area (Å²) in [4.78, 5) is 14.4. The lowest BCUT2D eigenvalue weighted by Gasteiger charge is -2.22. The molecule has 2 rings (SSSR count). The molecule has 1 N–H and O–H groups in total. The Kier molecular flexibility index (Phi) is 7.14. The molecule has 0 aliphatic rings. The van der Waals surface area contributed by atoms with E-state index in [4.69, 9.17) is 16.3 Å². The Morgan fingerprint density at radius 2 is 1.80 bits per heavy atom. The number of nitrogens with zero attached hydrogens (tertiary/aromatic N) is 1. The van der Waals surface area contributed by atoms with Crippen molar-refractivity contribution in [3.05, 3.63) is 53.1 Å². The zero-order valence-electron chi connectivity index (χ0n) is 15.0. The van der Waals surface area contributed by atoms with Crippen LogP contribution in [-0.2, 0) is 4.79 Å². The number of hydrogen-bond acceptors (Lipinski definition) is 3. The van der Waals surface area contributed by atoms with Gasteiger partial charge >= 0.3 is 0 Å². The van der Waals surface area contributed by atoms with Gasteiger partial charge in [0.1, 0.15) is 5.75 Å². The monoisotopic (exact) mass is 360 g/mol. The van der Waals surface area contributed by atoms with Crippen molar-refractivity contribution < 1.29 is 9.53 Å². The lowest BCUT2D eigenvalue weighted by Crippen LogP contribution is -2.22. The molecule has 0 saturated heterocycles. The number of carbonyl (C=O) groups is 1. The molecule has 0 heterocycles. The number of anilines is 2. The second kappa shape index (κ2) is 9.33. The molecule has 0 aromatic heterocycles. The number of rotatable bonds is 8. The topological polar surface area (TPSA) is 41.6 Å². The zero-order chi connectivity index (χ0) is 18.2. The van der Waals surface area contributed by atoms with Crippen LogP contribution in [0, 0.1) is 6.92 Å². The molecular weight excluding hydrogens is 336 g/mol. The number of benzene rings is 2. The molecular formula is C20H25ClN2O2. The van der Waals surface area contributed by atoms with Crippen molar-refractivity contribution in [3.8, 4) is 5.75 Å². The summed E-state index contributed by atoms with van der Waals surface area (Å²) in [7, 11) is 0. The molecule has 0 fully saturated rings. The first kappa shape index (κ1) is 19.1. The quantitative estimate of drug-likeness (QED) is 0.727. The Morgan fingerprint density at radius 1 is 1.12 bits per heavy atom. The third-order valence-corrected chi connectivity index (χ3v) is 4.28. The fraction of sp³-hybridized carbons (Fsp3) is 0.350. The summed E-state index contributed by atoms with van der Waals surface area (Å²) in [5.74, 6) is 0.643. The molecule has 4 nitrogen and oxygen atoms in total. The highest BCUT2D eigenvalue weighted by atomic mass is 35.5. The highest BCUT2D eigenvalue weighted by Crippen LogP contribution is 2.23. The van der Waals surface area contributed by atoms with Crippen molar-refractivity contribution in [1.82, 2.24) is 0 Å². The number of ether oxygens (including phenoxy) is 1. The maximum absolute atomic E-state index is 12.1. The Balaban J connectivity index is 1.86. The van der Waals surface area contributed by atoms with Crippen molar-refractivity contribution in [2.24, 2.45) is 0 Å². The molecule has 0 bridgehead atoms. The van der Waals surface area contributed by atoms with E-state index in [0.717, 1.165) is 24.3 Å². The van der Waals surface area contributed by atoms with Crippen molar-refractivity contribution in [3.63, 3.8) is 0 Å². The van der Waals surface area contributed by atoms with Crippen LogP contribution in [0.2, 0.25) is 5.02 Å². The summed E-state index contributed by atoms with van der Waals surface area (Å²) >= 11 is 5.83. The number of halogens is 1. The van der Waals surface area contributed by atoms with Crippen LogP contribution in [0.3, 0.4) is 0 Å². The van der Waals surface area contributed by atoms with Gasteiger partial charge in [-0.3, -0.25) is 4.79 Å². The number of amides is 1. The summed E-state index contributed by atoms with van der Waals surface area (Å²) in [5.41, 5.74) is 3.07. The molecule has 5 heteroatoms. The lowest BCUT2D eigenvalue weighted by atomic mass is 10.1. The SMILES string of the molecule is CCN(CC)c1ccc(NC(=O)CCOc2ccc(Cl)cc2)c(C)c1. The van der Waals surface area contributed by atoms with E-state index in [2.05, 4.69) is 30.1 Å². The Morgan fingerprint density at radius 3 is 2.40 bits per heavy atom. The van der Waals surface area contributed by atoms with Gasteiger partial charge in [0.2, 0.25) is 5.91 Å². The second-order valence-electron chi connectivity index (χ2n) is 5.77. The fourth-order valence-corrected chi connectivity index (χ4v) is 2.70. The number of nitrogens with one attached hydrogen (secondary N) is 1. The molecule has 0 aliphatic carbocycles. The summed E-state index contributed by atoms with van der Waals surface area (Å²) in [6.45, 7) is 8.52. The Labute approximate surface area is 154 Å². The van der Waals surface area contributed by atoms with Crippen LogP contribution in [0.1, 0.15) is 25.8 Å². The lowest BCUT2D eigenvalue weighted by molar-refractivity contribution is -0.116. The fourth-order valence-electron chi connectivity index (χ4n) is 2.58. The molecule has 134 valence electrons. The smallest absolute Gasteiger partial charge is 0.227 e. The first-order valence-electron chi connectivity index (χ1n) is 8.57. The van der Waals surface area contributed by atoms with Crippen molar-refractivity contribution in [2.75, 3.05) is 29.9 Å². The van der Waals surface area contributed by atoms with Crippen LogP contribution in [0.4, 0.5) is 11.4 Å². The molecule has 25 heavy (non-hydrogen) atoms. The zero-order valence-corrected chi connectivity index (χ0v) is 15.8. The van der Waals surface area contributed by atoms with Gasteiger partial charge in [0.25, 0.3) is 0 Å². The minimum Gasteiger partial charge on any atom is -0.493 e. The van der Waals surface area contributed by atoms with E-state index >= 15 is 0 Å². The molecule has 0 unspecified atom stereocenters. The van der Waals surface area contributed by atoms with E-state index < -0.39 is 0 Å². The van der Waals surface area contributed by atoms with Crippen LogP contribution in [0.15, 0.2) is 42.5 Å². The standard InChI is InChI=1S/C20H25ClN2O2/c1-4-23(5-2)17-8-11-19(15(3)14-17)22-20(24)12-13-25-18-9-6-16(21)7-10-18/h6-11,14H,4-5,12-13H2,1-3H3,(H,22,24). The van der Waals surface area contributed by atoms with Gasteiger partial charge in [-0.25, -0.2) is 0 Å². The number of aryl methyl sites for hydroxylation is 1. The maximum atomic E-state index is 12.1. The normalized spacial score (nSPS) is 10.4. The highest BCUT2D eigenvalue weighted by molar-refractivity contribution is 6.30. The predicted molar refractivity (Wildman–Crippen MR) is 105 cm³/mol. The van der Waals surface area contributed by atoms with Gasteiger partial charge in [0.15, 0.2) is 0 Å². The van der Waals surface area contributed by atoms with Gasteiger partial charge in [0, 0.05) is 29.5 Å². The third-order valence-electron chi connectivity index (χ3n) is 4.02. The van der Waals surface area contributed by atoms with Crippen molar-refractivity contribution in [2.45, 2.75) is 27.2 Å². The van der Waals surface area contributed by atoms with Crippen LogP contribution < -0.4 is 15.0 Å². The van der Waals surface area contributed by atoms with E-state index in [-0.39, 0.29) is 5.91 Å². The van der Waals surface area contributed by atoms with Gasteiger partial charge < -0.3 is 15.0 Å². The van der Waals surface area contributed by atoms with Crippen molar-refractivity contribution >= 4 is 28.9 Å². The number of carbonyl (C=O) groups excluding carboxylic acids is 1. The van der Waals surface area contributed by atoms with E-state index in [1.54, 1.807) is 24.3 Å². The molecule has 0 radical (unpaired) electrons. The average molecular weight is 361 g/mol. The molecule has 0 atom stereocenters. The number of hydrogen-bond donors (Lipinski definition) is 1. The van der Waals surface area contributed by atoms with Gasteiger partial charge in [-0.1, -0.05) is 11.6 Å². The summed E-state index contributed by atoms with van der Waals surface area (Å²) in [6, 6.07) is 13.2. The van der Waals surface area contributed by atoms with Gasteiger partial charge in [-0.05, 0) is 68.8 Å². The van der Waals surface area contributed by atoms with E-state index in [0.29, 0.717) is 23.8 Å². The minimum absolute atomic E-state index is 0.0624. The third kappa shape index (κ3) is 5.68. The molecule has 2 aromatic rings. The van der Waals surface area contributed by atoms with Crippen molar-refractivity contribution in [1.29, 1.82) is 0 Å². The first-order chi connectivity index (χ1) is 12.0. The van der Waals surface area contributed by atoms with Crippen LogP contribution >= 0.6 is 11.6 Å². The van der Waals surface area contributed by atoms with Gasteiger partial charge in [-0.2, -0.15) is 0 Å². The molecule has 0 saturated carbocycles. The predicted octanol–water partition coefficient (Wildman–Crippen LogP) is 4.90. The molecule has 1 amide bonds. The van der Waals surface area contributed by atoms with Crippen LogP contribution in [-0.4, -0.2) is 25.6 Å². The second-order valence-corrected chi connectivity index (χ2v) is 6.21. The van der Waals surface area contributed by atoms with Crippen LogP contribution in [0.5, 0.6) is 5.75 Å². The van der Waals surface area contributed by atoms with Gasteiger partial charge in [0.05, 0.1) is 13.0 Å². The van der Waals surface area contributed by atoms with E-state index in [9.17, 15) is 4.79 Å². The minimum atomic E-state index is -0.0624. The maximum Gasteiger partial charge on any atom is 0.227 e. The van der Waals surface area contributed by atoms with E-state index in [1.165, 1.54) is 5.69 Å². The molecule has 0 aliphatic heterocycles. The van der Waals surface area contributed by atoms with E-state index in [1.807, 2.05) is 19.1 Å². The van der Waals surface area contributed by atoms with Gasteiger partial charge in [-0.15, -0.1) is 0 Å². The molecule has 2 aromatic carbocycles. The first-order valence-corrected chi connectivity index (χ1v) is 8.95. The Bertz CT molecular complexity index is 697. The average Bonchev–Trinajstić information content (AvgIpc) is 2.60. The summed E-state index contributed by atoms with van der Waals surface area (Å²) < 4.78 is 5.55. The Hall–Kier alpha value is -2.20. The highest BCUT2D eigenvalue weighted by Gasteiger charge is 2.08. The largest absolute Gasteiger partial charge is 0.493 e.